The van der Waals surface area contributed by atoms with Crippen LogP contribution in [-0.2, 0) is 14.3 Å². The number of ether oxygens (including phenoxy) is 2. The first-order valence-electron chi connectivity index (χ1n) is 6.69. The van der Waals surface area contributed by atoms with Gasteiger partial charge in [-0.15, -0.1) is 0 Å². The van der Waals surface area contributed by atoms with Crippen molar-refractivity contribution in [3.8, 4) is 0 Å². The van der Waals surface area contributed by atoms with Gasteiger partial charge in [-0.1, -0.05) is 19.8 Å². The van der Waals surface area contributed by atoms with Gasteiger partial charge in [-0.05, 0) is 25.8 Å². The van der Waals surface area contributed by atoms with E-state index in [1.54, 1.807) is 0 Å². The Kier molecular flexibility index (Phi) is 7.21. The van der Waals surface area contributed by atoms with E-state index in [0.29, 0.717) is 6.61 Å². The molecule has 0 aromatic rings. The van der Waals surface area contributed by atoms with Crippen LogP contribution in [0, 0.1) is 0 Å². The number of nitrogens with zero attached hydrogens (tertiary/aromatic N) is 1. The maximum absolute atomic E-state index is 11.6. The van der Waals surface area contributed by atoms with E-state index in [1.165, 1.54) is 13.5 Å². The summed E-state index contributed by atoms with van der Waals surface area (Å²) in [5, 5.41) is 0. The Morgan fingerprint density at radius 3 is 2.88 bits per heavy atom. The van der Waals surface area contributed by atoms with Crippen molar-refractivity contribution in [1.82, 2.24) is 4.90 Å². The van der Waals surface area contributed by atoms with Gasteiger partial charge in [0.25, 0.3) is 0 Å². The molecule has 1 fully saturated rings. The highest BCUT2D eigenvalue weighted by Gasteiger charge is 2.28. The second kappa shape index (κ2) is 8.48. The van der Waals surface area contributed by atoms with E-state index < -0.39 is 0 Å². The van der Waals surface area contributed by atoms with Gasteiger partial charge in [0, 0.05) is 13.2 Å². The molecule has 0 radical (unpaired) electrons. The summed E-state index contributed by atoms with van der Waals surface area (Å²) in [6, 6.07) is -0.0523. The van der Waals surface area contributed by atoms with Crippen LogP contribution in [0.15, 0.2) is 0 Å². The van der Waals surface area contributed by atoms with E-state index in [0.717, 1.165) is 45.4 Å². The minimum absolute atomic E-state index is 0.0523. The molecule has 4 heteroatoms. The standard InChI is InChI=1S/C13H25NO3/c1-3-4-10-17-11-9-14-8-6-5-7-12(14)13(15)16-2/h12H,3-11H2,1-2H3/t12-/m1/s1. The Hall–Kier alpha value is -0.610. The maximum atomic E-state index is 11.6. The molecule has 0 N–H and O–H groups in total. The number of rotatable bonds is 7. The van der Waals surface area contributed by atoms with Crippen LogP contribution >= 0.6 is 0 Å². The quantitative estimate of drug-likeness (QED) is 0.505. The molecular formula is C13H25NO3. The fraction of sp³-hybridized carbons (Fsp3) is 0.923. The van der Waals surface area contributed by atoms with Crippen molar-refractivity contribution in [3.63, 3.8) is 0 Å². The third-order valence-corrected chi connectivity index (χ3v) is 3.25. The third-order valence-electron chi connectivity index (χ3n) is 3.25. The molecule has 1 heterocycles. The van der Waals surface area contributed by atoms with Gasteiger partial charge in [-0.2, -0.15) is 0 Å². The maximum Gasteiger partial charge on any atom is 0.323 e. The van der Waals surface area contributed by atoms with Crippen molar-refractivity contribution in [1.29, 1.82) is 0 Å². The molecule has 0 spiro atoms. The summed E-state index contributed by atoms with van der Waals surface area (Å²) in [5.74, 6) is -0.0988. The summed E-state index contributed by atoms with van der Waals surface area (Å²) >= 11 is 0. The number of likely N-dealkylation sites (tertiary alicyclic amines) is 1. The number of carbonyl (C=O) groups is 1. The van der Waals surface area contributed by atoms with E-state index >= 15 is 0 Å². The van der Waals surface area contributed by atoms with Crippen LogP contribution in [0.3, 0.4) is 0 Å². The van der Waals surface area contributed by atoms with E-state index in [4.69, 9.17) is 9.47 Å². The van der Waals surface area contributed by atoms with Crippen LogP contribution < -0.4 is 0 Å². The van der Waals surface area contributed by atoms with Crippen LogP contribution in [0.1, 0.15) is 39.0 Å². The summed E-state index contributed by atoms with van der Waals surface area (Å²) in [5.41, 5.74) is 0. The van der Waals surface area contributed by atoms with E-state index in [2.05, 4.69) is 11.8 Å². The predicted molar refractivity (Wildman–Crippen MR) is 67.0 cm³/mol. The molecule has 0 aliphatic carbocycles. The molecule has 4 nitrogen and oxygen atoms in total. The smallest absolute Gasteiger partial charge is 0.323 e. The Balaban J connectivity index is 2.25. The van der Waals surface area contributed by atoms with Gasteiger partial charge in [-0.25, -0.2) is 0 Å². The lowest BCUT2D eigenvalue weighted by Gasteiger charge is -2.33. The summed E-state index contributed by atoms with van der Waals surface area (Å²) in [7, 11) is 1.47. The van der Waals surface area contributed by atoms with Gasteiger partial charge in [0.15, 0.2) is 0 Å². The second-order valence-corrected chi connectivity index (χ2v) is 4.54. The van der Waals surface area contributed by atoms with Crippen molar-refractivity contribution in [2.24, 2.45) is 0 Å². The summed E-state index contributed by atoms with van der Waals surface area (Å²) < 4.78 is 10.4. The van der Waals surface area contributed by atoms with Gasteiger partial charge >= 0.3 is 5.97 Å². The minimum atomic E-state index is -0.0988. The normalized spacial score (nSPS) is 21.4. The molecule has 17 heavy (non-hydrogen) atoms. The lowest BCUT2D eigenvalue weighted by Crippen LogP contribution is -2.46. The zero-order valence-corrected chi connectivity index (χ0v) is 11.1. The van der Waals surface area contributed by atoms with E-state index in [-0.39, 0.29) is 12.0 Å². The topological polar surface area (TPSA) is 38.8 Å². The summed E-state index contributed by atoms with van der Waals surface area (Å²) in [4.78, 5) is 13.8. The average Bonchev–Trinajstić information content (AvgIpc) is 2.38. The second-order valence-electron chi connectivity index (χ2n) is 4.54. The first kappa shape index (κ1) is 14.5. The van der Waals surface area contributed by atoms with Crippen LogP contribution in [-0.4, -0.2) is 50.3 Å². The Morgan fingerprint density at radius 2 is 2.18 bits per heavy atom. The molecule has 0 bridgehead atoms. The monoisotopic (exact) mass is 243 g/mol. The molecule has 0 amide bonds. The lowest BCUT2D eigenvalue weighted by molar-refractivity contribution is -0.148. The minimum Gasteiger partial charge on any atom is -0.468 e. The molecule has 1 rings (SSSR count). The fourth-order valence-electron chi connectivity index (χ4n) is 2.19. The van der Waals surface area contributed by atoms with Crippen molar-refractivity contribution < 1.29 is 14.3 Å². The zero-order valence-electron chi connectivity index (χ0n) is 11.1. The van der Waals surface area contributed by atoms with E-state index in [1.807, 2.05) is 0 Å². The number of esters is 1. The van der Waals surface area contributed by atoms with Crippen molar-refractivity contribution >= 4 is 5.97 Å². The third kappa shape index (κ3) is 5.04. The number of hydrogen-bond acceptors (Lipinski definition) is 4. The van der Waals surface area contributed by atoms with Crippen LogP contribution in [0.25, 0.3) is 0 Å². The molecule has 0 aromatic heterocycles. The number of unbranched alkanes of at least 4 members (excludes halogenated alkanes) is 1. The molecule has 1 aliphatic heterocycles. The summed E-state index contributed by atoms with van der Waals surface area (Å²) in [6.07, 6.45) is 5.48. The fourth-order valence-corrected chi connectivity index (χ4v) is 2.19. The average molecular weight is 243 g/mol. The van der Waals surface area contributed by atoms with Crippen molar-refractivity contribution in [2.75, 3.05) is 33.4 Å². The molecular weight excluding hydrogens is 218 g/mol. The Bertz CT molecular complexity index is 221. The number of hydrogen-bond donors (Lipinski definition) is 0. The highest BCUT2D eigenvalue weighted by molar-refractivity contribution is 5.75. The van der Waals surface area contributed by atoms with Gasteiger partial charge < -0.3 is 9.47 Å². The molecule has 1 aliphatic rings. The SMILES string of the molecule is CCCCOCCN1CCCC[C@@H]1C(=O)OC. The first-order chi connectivity index (χ1) is 8.29. The van der Waals surface area contributed by atoms with Crippen LogP contribution in [0.4, 0.5) is 0 Å². The summed E-state index contributed by atoms with van der Waals surface area (Å²) in [6.45, 7) is 5.52. The molecule has 0 aromatic carbocycles. The highest BCUT2D eigenvalue weighted by atomic mass is 16.5. The number of piperidine rings is 1. The Labute approximate surface area is 104 Å². The van der Waals surface area contributed by atoms with Gasteiger partial charge in [0.1, 0.15) is 6.04 Å². The molecule has 100 valence electrons. The van der Waals surface area contributed by atoms with Gasteiger partial charge in [-0.3, -0.25) is 9.69 Å². The van der Waals surface area contributed by atoms with Crippen molar-refractivity contribution in [2.45, 2.75) is 45.1 Å². The van der Waals surface area contributed by atoms with Gasteiger partial charge in [0.2, 0.25) is 0 Å². The molecule has 0 saturated carbocycles. The Morgan fingerprint density at radius 1 is 1.35 bits per heavy atom. The van der Waals surface area contributed by atoms with Crippen molar-refractivity contribution in [3.05, 3.63) is 0 Å². The highest BCUT2D eigenvalue weighted by Crippen LogP contribution is 2.17. The number of carbonyl (C=O) groups excluding carboxylic acids is 1. The first-order valence-corrected chi connectivity index (χ1v) is 6.69. The largest absolute Gasteiger partial charge is 0.468 e. The molecule has 0 unspecified atom stereocenters. The predicted octanol–water partition coefficient (Wildman–Crippen LogP) is 1.83. The van der Waals surface area contributed by atoms with Gasteiger partial charge in [0.05, 0.1) is 13.7 Å². The van der Waals surface area contributed by atoms with E-state index in [9.17, 15) is 4.79 Å². The van der Waals surface area contributed by atoms with Crippen LogP contribution in [0.5, 0.6) is 0 Å². The lowest BCUT2D eigenvalue weighted by atomic mass is 10.0. The number of methoxy groups -OCH3 is 1. The van der Waals surface area contributed by atoms with Crippen LogP contribution in [0.2, 0.25) is 0 Å². The zero-order chi connectivity index (χ0) is 12.5. The molecule has 1 atom stereocenters. The molecule has 1 saturated heterocycles.